The van der Waals surface area contributed by atoms with Crippen LogP contribution in [-0.4, -0.2) is 0 Å². The minimum atomic E-state index is 0.137. The summed E-state index contributed by atoms with van der Waals surface area (Å²) in [6, 6.07) is 6.26. The van der Waals surface area contributed by atoms with E-state index in [0.29, 0.717) is 0 Å². The summed E-state index contributed by atoms with van der Waals surface area (Å²) in [5, 5.41) is 0. The van der Waals surface area contributed by atoms with Gasteiger partial charge < -0.3 is 4.52 Å². The van der Waals surface area contributed by atoms with E-state index in [1.807, 2.05) is 6.07 Å². The number of aryl methyl sites for hydroxylation is 1. The van der Waals surface area contributed by atoms with Crippen molar-refractivity contribution in [2.75, 3.05) is 0 Å². The fraction of sp³-hybridized carbons (Fsp3) is 0.455. The standard InChI is InChI=1S/C11H17OP/c1-8-5-6-10(12-13)9(7-8)11(2,3)4/h5-7H,13H2,1-4H3. The molecule has 0 aliphatic heterocycles. The highest BCUT2D eigenvalue weighted by molar-refractivity contribution is 7.10. The van der Waals surface area contributed by atoms with Crippen LogP contribution in [0.1, 0.15) is 31.9 Å². The first-order valence-electron chi connectivity index (χ1n) is 4.43. The summed E-state index contributed by atoms with van der Waals surface area (Å²) in [7, 11) is 2.30. The van der Waals surface area contributed by atoms with Gasteiger partial charge in [0, 0.05) is 5.56 Å². The Hall–Kier alpha value is -0.550. The third-order valence-electron chi connectivity index (χ3n) is 2.07. The van der Waals surface area contributed by atoms with Gasteiger partial charge >= 0.3 is 0 Å². The van der Waals surface area contributed by atoms with Gasteiger partial charge in [0.2, 0.25) is 0 Å². The van der Waals surface area contributed by atoms with Gasteiger partial charge in [0.05, 0.1) is 9.47 Å². The molecule has 0 radical (unpaired) electrons. The molecule has 0 aliphatic rings. The molecule has 0 N–H and O–H groups in total. The third kappa shape index (κ3) is 2.45. The van der Waals surface area contributed by atoms with Crippen molar-refractivity contribution >= 4 is 9.47 Å². The fourth-order valence-electron chi connectivity index (χ4n) is 1.33. The lowest BCUT2D eigenvalue weighted by atomic mass is 9.85. The van der Waals surface area contributed by atoms with Crippen LogP contribution in [0.5, 0.6) is 5.75 Å². The van der Waals surface area contributed by atoms with E-state index in [9.17, 15) is 0 Å². The van der Waals surface area contributed by atoms with Gasteiger partial charge in [0.15, 0.2) is 0 Å². The Balaban J connectivity index is 3.24. The van der Waals surface area contributed by atoms with Crippen LogP contribution in [0.3, 0.4) is 0 Å². The molecule has 2 heteroatoms. The summed E-state index contributed by atoms with van der Waals surface area (Å²) >= 11 is 0. The summed E-state index contributed by atoms with van der Waals surface area (Å²) in [5.41, 5.74) is 2.66. The van der Waals surface area contributed by atoms with Gasteiger partial charge in [-0.05, 0) is 18.4 Å². The van der Waals surface area contributed by atoms with E-state index in [2.05, 4.69) is 49.3 Å². The predicted octanol–water partition coefficient (Wildman–Crippen LogP) is 3.46. The molecule has 0 heterocycles. The normalized spacial score (nSPS) is 11.5. The van der Waals surface area contributed by atoms with Crippen LogP contribution in [0.25, 0.3) is 0 Å². The molecular formula is C11H17OP. The first-order chi connectivity index (χ1) is 5.95. The van der Waals surface area contributed by atoms with Crippen LogP contribution in [0, 0.1) is 6.92 Å². The maximum atomic E-state index is 5.24. The van der Waals surface area contributed by atoms with E-state index in [-0.39, 0.29) is 5.41 Å². The molecule has 0 aliphatic carbocycles. The number of hydrogen-bond acceptors (Lipinski definition) is 1. The van der Waals surface area contributed by atoms with Gasteiger partial charge in [-0.3, -0.25) is 0 Å². The van der Waals surface area contributed by atoms with Gasteiger partial charge in [-0.1, -0.05) is 38.5 Å². The van der Waals surface area contributed by atoms with E-state index in [1.54, 1.807) is 0 Å². The smallest absolute Gasteiger partial charge is 0.126 e. The predicted molar refractivity (Wildman–Crippen MR) is 60.2 cm³/mol. The van der Waals surface area contributed by atoms with Crippen molar-refractivity contribution in [2.24, 2.45) is 0 Å². The quantitative estimate of drug-likeness (QED) is 0.625. The molecule has 1 unspecified atom stereocenters. The molecule has 0 saturated carbocycles. The molecule has 1 rings (SSSR count). The van der Waals surface area contributed by atoms with Crippen molar-refractivity contribution in [3.63, 3.8) is 0 Å². The summed E-state index contributed by atoms with van der Waals surface area (Å²) in [6.07, 6.45) is 0. The average molecular weight is 196 g/mol. The van der Waals surface area contributed by atoms with Crippen LogP contribution in [0.15, 0.2) is 18.2 Å². The zero-order valence-corrected chi connectivity index (χ0v) is 9.87. The molecule has 0 spiro atoms. The van der Waals surface area contributed by atoms with Crippen LogP contribution >= 0.6 is 9.47 Å². The maximum Gasteiger partial charge on any atom is 0.126 e. The monoisotopic (exact) mass is 196 g/mol. The van der Waals surface area contributed by atoms with Crippen molar-refractivity contribution in [1.82, 2.24) is 0 Å². The Morgan fingerprint density at radius 1 is 1.23 bits per heavy atom. The van der Waals surface area contributed by atoms with Crippen molar-refractivity contribution in [3.8, 4) is 5.75 Å². The Morgan fingerprint density at radius 3 is 2.31 bits per heavy atom. The second-order valence-electron chi connectivity index (χ2n) is 4.37. The van der Waals surface area contributed by atoms with Gasteiger partial charge in [0.1, 0.15) is 5.75 Å². The zero-order chi connectivity index (χ0) is 10.1. The van der Waals surface area contributed by atoms with Gasteiger partial charge in [-0.2, -0.15) is 0 Å². The highest BCUT2D eigenvalue weighted by Crippen LogP contribution is 2.32. The summed E-state index contributed by atoms with van der Waals surface area (Å²) in [4.78, 5) is 0. The summed E-state index contributed by atoms with van der Waals surface area (Å²) < 4.78 is 5.24. The van der Waals surface area contributed by atoms with Crippen LogP contribution < -0.4 is 4.52 Å². The van der Waals surface area contributed by atoms with Crippen molar-refractivity contribution in [3.05, 3.63) is 29.3 Å². The highest BCUT2D eigenvalue weighted by Gasteiger charge is 2.18. The second-order valence-corrected chi connectivity index (χ2v) is 4.60. The number of hydrogen-bond donors (Lipinski definition) is 0. The largest absolute Gasteiger partial charge is 0.480 e. The van der Waals surface area contributed by atoms with Crippen molar-refractivity contribution in [2.45, 2.75) is 33.1 Å². The topological polar surface area (TPSA) is 9.23 Å². The van der Waals surface area contributed by atoms with Gasteiger partial charge in [-0.15, -0.1) is 0 Å². The average Bonchev–Trinajstić information content (AvgIpc) is 2.03. The molecule has 1 nitrogen and oxygen atoms in total. The van der Waals surface area contributed by atoms with Crippen LogP contribution in [0.2, 0.25) is 0 Å². The lowest BCUT2D eigenvalue weighted by molar-refractivity contribution is 0.545. The molecule has 0 amide bonds. The molecule has 0 saturated heterocycles. The van der Waals surface area contributed by atoms with E-state index in [4.69, 9.17) is 4.52 Å². The molecule has 1 atom stereocenters. The van der Waals surface area contributed by atoms with E-state index in [0.717, 1.165) is 5.75 Å². The molecule has 13 heavy (non-hydrogen) atoms. The minimum Gasteiger partial charge on any atom is -0.480 e. The lowest BCUT2D eigenvalue weighted by Crippen LogP contribution is -2.12. The second kappa shape index (κ2) is 3.67. The minimum absolute atomic E-state index is 0.137. The summed E-state index contributed by atoms with van der Waals surface area (Å²) in [5.74, 6) is 0.947. The Kier molecular flexibility index (Phi) is 2.98. The SMILES string of the molecule is Cc1ccc(OP)c(C(C)(C)C)c1. The molecule has 0 aromatic heterocycles. The van der Waals surface area contributed by atoms with Crippen molar-refractivity contribution < 1.29 is 4.52 Å². The number of benzene rings is 1. The molecule has 72 valence electrons. The Bertz CT molecular complexity index is 299. The third-order valence-corrected chi connectivity index (χ3v) is 2.32. The maximum absolute atomic E-state index is 5.24. The first kappa shape index (κ1) is 10.5. The highest BCUT2D eigenvalue weighted by atomic mass is 31.0. The molecule has 0 fully saturated rings. The van der Waals surface area contributed by atoms with E-state index >= 15 is 0 Å². The summed E-state index contributed by atoms with van der Waals surface area (Å²) in [6.45, 7) is 8.67. The molecule has 0 bridgehead atoms. The van der Waals surface area contributed by atoms with Crippen LogP contribution in [0.4, 0.5) is 0 Å². The van der Waals surface area contributed by atoms with Gasteiger partial charge in [-0.25, -0.2) is 0 Å². The fourth-order valence-corrected chi connectivity index (χ4v) is 1.54. The first-order valence-corrected chi connectivity index (χ1v) is 4.90. The molecule has 1 aromatic rings. The number of rotatable bonds is 1. The molecular weight excluding hydrogens is 179 g/mol. The van der Waals surface area contributed by atoms with Crippen LogP contribution in [-0.2, 0) is 5.41 Å². The van der Waals surface area contributed by atoms with Crippen molar-refractivity contribution in [1.29, 1.82) is 0 Å². The van der Waals surface area contributed by atoms with E-state index < -0.39 is 0 Å². The van der Waals surface area contributed by atoms with Gasteiger partial charge in [0.25, 0.3) is 0 Å². The lowest BCUT2D eigenvalue weighted by Gasteiger charge is -2.22. The Morgan fingerprint density at radius 2 is 1.85 bits per heavy atom. The Labute approximate surface area is 82.8 Å². The zero-order valence-electron chi connectivity index (χ0n) is 8.72. The molecule has 1 aromatic carbocycles. The van der Waals surface area contributed by atoms with E-state index in [1.165, 1.54) is 11.1 Å².